The van der Waals surface area contributed by atoms with Crippen LogP contribution in [-0.4, -0.2) is 72.1 Å². The molecule has 0 saturated carbocycles. The highest BCUT2D eigenvalue weighted by molar-refractivity contribution is 5.82. The predicted molar refractivity (Wildman–Crippen MR) is 94.2 cm³/mol. The number of aromatic nitrogens is 2. The van der Waals surface area contributed by atoms with Crippen LogP contribution >= 0.6 is 0 Å². The van der Waals surface area contributed by atoms with E-state index in [4.69, 9.17) is 4.74 Å². The van der Waals surface area contributed by atoms with Crippen LogP contribution in [0.25, 0.3) is 0 Å². The van der Waals surface area contributed by atoms with Gasteiger partial charge in [0.1, 0.15) is 6.10 Å². The molecule has 1 aliphatic rings. The third kappa shape index (κ3) is 5.67. The normalized spacial score (nSPS) is 15.8. The SMILES string of the molecule is CCO[C@@H](CC)C(=O)NCCC(=O)N1CCN(c2ncccn2)CC1. The fourth-order valence-electron chi connectivity index (χ4n) is 2.76. The summed E-state index contributed by atoms with van der Waals surface area (Å²) in [6, 6.07) is 1.78. The van der Waals surface area contributed by atoms with Crippen molar-refractivity contribution in [3.05, 3.63) is 18.5 Å². The van der Waals surface area contributed by atoms with Crippen molar-refractivity contribution in [3.63, 3.8) is 0 Å². The Labute approximate surface area is 148 Å². The molecule has 2 rings (SSSR count). The van der Waals surface area contributed by atoms with E-state index in [9.17, 15) is 9.59 Å². The molecule has 1 aliphatic heterocycles. The van der Waals surface area contributed by atoms with Gasteiger partial charge in [-0.2, -0.15) is 0 Å². The first-order valence-corrected chi connectivity index (χ1v) is 8.84. The van der Waals surface area contributed by atoms with Gasteiger partial charge in [0.25, 0.3) is 0 Å². The smallest absolute Gasteiger partial charge is 0.249 e. The van der Waals surface area contributed by atoms with E-state index in [1.165, 1.54) is 0 Å². The summed E-state index contributed by atoms with van der Waals surface area (Å²) in [5, 5.41) is 2.78. The quantitative estimate of drug-likeness (QED) is 0.733. The molecule has 1 aromatic rings. The molecule has 0 unspecified atom stereocenters. The molecule has 1 atom stereocenters. The van der Waals surface area contributed by atoms with Crippen LogP contribution in [0.4, 0.5) is 5.95 Å². The molecule has 2 amide bonds. The Balaban J connectivity index is 1.69. The maximum Gasteiger partial charge on any atom is 0.249 e. The monoisotopic (exact) mass is 349 g/mol. The fraction of sp³-hybridized carbons (Fsp3) is 0.647. The minimum Gasteiger partial charge on any atom is -0.369 e. The summed E-state index contributed by atoms with van der Waals surface area (Å²) in [6.45, 7) is 7.31. The van der Waals surface area contributed by atoms with Crippen LogP contribution in [0.3, 0.4) is 0 Å². The van der Waals surface area contributed by atoms with Crippen LogP contribution in [-0.2, 0) is 14.3 Å². The van der Waals surface area contributed by atoms with Gasteiger partial charge in [-0.15, -0.1) is 0 Å². The summed E-state index contributed by atoms with van der Waals surface area (Å²) in [4.78, 5) is 36.6. The fourth-order valence-corrected chi connectivity index (χ4v) is 2.76. The average Bonchev–Trinajstić information content (AvgIpc) is 2.66. The number of carbonyl (C=O) groups is 2. The minimum absolute atomic E-state index is 0.0541. The van der Waals surface area contributed by atoms with Gasteiger partial charge in [0.2, 0.25) is 17.8 Å². The van der Waals surface area contributed by atoms with Gasteiger partial charge in [-0.3, -0.25) is 9.59 Å². The van der Waals surface area contributed by atoms with Gasteiger partial charge in [0.05, 0.1) is 0 Å². The summed E-state index contributed by atoms with van der Waals surface area (Å²) >= 11 is 0. The number of hydrogen-bond acceptors (Lipinski definition) is 6. The number of ether oxygens (including phenoxy) is 1. The second kappa shape index (κ2) is 9.93. The van der Waals surface area contributed by atoms with Gasteiger partial charge < -0.3 is 19.9 Å². The minimum atomic E-state index is -0.436. The van der Waals surface area contributed by atoms with Crippen molar-refractivity contribution in [2.24, 2.45) is 0 Å². The van der Waals surface area contributed by atoms with Crippen molar-refractivity contribution >= 4 is 17.8 Å². The molecule has 0 bridgehead atoms. The first-order valence-electron chi connectivity index (χ1n) is 8.84. The standard InChI is InChI=1S/C17H27N5O3/c1-3-14(25-4-2)16(24)18-9-6-15(23)21-10-12-22(13-11-21)17-19-7-5-8-20-17/h5,7-8,14H,3-4,6,9-13H2,1-2H3,(H,18,24)/t14-/m0/s1. The molecule has 8 nitrogen and oxygen atoms in total. The predicted octanol–water partition coefficient (Wildman–Crippen LogP) is 0.447. The van der Waals surface area contributed by atoms with Crippen molar-refractivity contribution in [2.45, 2.75) is 32.8 Å². The Morgan fingerprint density at radius 3 is 2.48 bits per heavy atom. The van der Waals surface area contributed by atoms with Crippen molar-refractivity contribution in [1.82, 2.24) is 20.2 Å². The zero-order valence-electron chi connectivity index (χ0n) is 15.0. The van der Waals surface area contributed by atoms with Crippen molar-refractivity contribution in [2.75, 3.05) is 44.2 Å². The molecule has 0 aromatic carbocycles. The van der Waals surface area contributed by atoms with Gasteiger partial charge in [-0.25, -0.2) is 9.97 Å². The Morgan fingerprint density at radius 1 is 1.20 bits per heavy atom. The van der Waals surface area contributed by atoms with E-state index < -0.39 is 6.10 Å². The molecule has 1 aromatic heterocycles. The van der Waals surface area contributed by atoms with Crippen molar-refractivity contribution in [1.29, 1.82) is 0 Å². The summed E-state index contributed by atoms with van der Waals surface area (Å²) in [5.41, 5.74) is 0. The zero-order valence-corrected chi connectivity index (χ0v) is 15.0. The Hall–Kier alpha value is -2.22. The van der Waals surface area contributed by atoms with Crippen LogP contribution in [0.15, 0.2) is 18.5 Å². The lowest BCUT2D eigenvalue weighted by molar-refractivity contribution is -0.133. The molecule has 2 heterocycles. The zero-order chi connectivity index (χ0) is 18.1. The van der Waals surface area contributed by atoms with E-state index in [0.717, 1.165) is 0 Å². The third-order valence-electron chi connectivity index (χ3n) is 4.14. The number of hydrogen-bond donors (Lipinski definition) is 1. The van der Waals surface area contributed by atoms with Gasteiger partial charge in [0, 0.05) is 58.1 Å². The highest BCUT2D eigenvalue weighted by atomic mass is 16.5. The van der Waals surface area contributed by atoms with E-state index in [2.05, 4.69) is 20.2 Å². The Morgan fingerprint density at radius 2 is 1.88 bits per heavy atom. The van der Waals surface area contributed by atoms with Crippen molar-refractivity contribution < 1.29 is 14.3 Å². The Bertz CT molecular complexity index is 546. The summed E-state index contributed by atoms with van der Waals surface area (Å²) in [7, 11) is 0. The molecule has 25 heavy (non-hydrogen) atoms. The highest BCUT2D eigenvalue weighted by Gasteiger charge is 2.22. The molecule has 0 spiro atoms. The molecular weight excluding hydrogens is 322 g/mol. The summed E-state index contributed by atoms with van der Waals surface area (Å²) in [6.07, 6.45) is 3.92. The van der Waals surface area contributed by atoms with Crippen LogP contribution in [0, 0.1) is 0 Å². The molecule has 8 heteroatoms. The molecule has 1 fully saturated rings. The maximum absolute atomic E-state index is 12.3. The molecule has 1 saturated heterocycles. The van der Waals surface area contributed by atoms with Gasteiger partial charge in [-0.1, -0.05) is 6.92 Å². The van der Waals surface area contributed by atoms with Crippen molar-refractivity contribution in [3.8, 4) is 0 Å². The largest absolute Gasteiger partial charge is 0.369 e. The average molecular weight is 349 g/mol. The Kier molecular flexibility index (Phi) is 7.59. The van der Waals surface area contributed by atoms with E-state index in [1.807, 2.05) is 18.7 Å². The lowest BCUT2D eigenvalue weighted by atomic mass is 10.2. The molecular formula is C17H27N5O3. The van der Waals surface area contributed by atoms with Crippen LogP contribution < -0.4 is 10.2 Å². The molecule has 1 N–H and O–H groups in total. The van der Waals surface area contributed by atoms with Crippen LogP contribution in [0.5, 0.6) is 0 Å². The second-order valence-corrected chi connectivity index (χ2v) is 5.81. The first kappa shape index (κ1) is 19.1. The number of carbonyl (C=O) groups excluding carboxylic acids is 2. The van der Waals surface area contributed by atoms with Crippen LogP contribution in [0.1, 0.15) is 26.7 Å². The highest BCUT2D eigenvalue weighted by Crippen LogP contribution is 2.10. The number of rotatable bonds is 8. The first-order chi connectivity index (χ1) is 12.2. The number of anilines is 1. The lowest BCUT2D eigenvalue weighted by Crippen LogP contribution is -2.50. The number of piperazine rings is 1. The number of nitrogens with zero attached hydrogens (tertiary/aromatic N) is 4. The van der Waals surface area contributed by atoms with Gasteiger partial charge in [-0.05, 0) is 19.4 Å². The maximum atomic E-state index is 12.3. The molecule has 0 radical (unpaired) electrons. The van der Waals surface area contributed by atoms with Gasteiger partial charge in [0.15, 0.2) is 0 Å². The molecule has 0 aliphatic carbocycles. The second-order valence-electron chi connectivity index (χ2n) is 5.81. The van der Waals surface area contributed by atoms with Gasteiger partial charge >= 0.3 is 0 Å². The topological polar surface area (TPSA) is 87.7 Å². The van der Waals surface area contributed by atoms with E-state index in [1.54, 1.807) is 18.5 Å². The lowest BCUT2D eigenvalue weighted by Gasteiger charge is -2.34. The van der Waals surface area contributed by atoms with E-state index >= 15 is 0 Å². The number of amides is 2. The van der Waals surface area contributed by atoms with E-state index in [-0.39, 0.29) is 11.8 Å². The summed E-state index contributed by atoms with van der Waals surface area (Å²) < 4.78 is 5.36. The third-order valence-corrected chi connectivity index (χ3v) is 4.14. The summed E-state index contributed by atoms with van der Waals surface area (Å²) in [5.74, 6) is 0.602. The number of nitrogens with one attached hydrogen (secondary N) is 1. The van der Waals surface area contributed by atoms with Crippen LogP contribution in [0.2, 0.25) is 0 Å². The molecule has 138 valence electrons. The van der Waals surface area contributed by atoms with E-state index in [0.29, 0.717) is 58.1 Å².